The fourth-order valence-corrected chi connectivity index (χ4v) is 3.03. The van der Waals surface area contributed by atoms with Crippen molar-refractivity contribution in [3.8, 4) is 0 Å². The van der Waals surface area contributed by atoms with E-state index in [1.165, 1.54) is 0 Å². The molecule has 0 aromatic heterocycles. The Kier molecular flexibility index (Phi) is 6.32. The van der Waals surface area contributed by atoms with E-state index in [1.54, 1.807) is 0 Å². The standard InChI is InChI=1S/C13H28N2O/c1-4-10(11(5-2)13(16)6-3)12-9-14-7-8-15-12/h10-16H,4-9H2,1-3H3. The van der Waals surface area contributed by atoms with Crippen LogP contribution in [0.25, 0.3) is 0 Å². The molecule has 0 aromatic rings. The van der Waals surface area contributed by atoms with Crippen molar-refractivity contribution in [2.24, 2.45) is 11.8 Å². The average Bonchev–Trinajstić information content (AvgIpc) is 2.36. The zero-order valence-corrected chi connectivity index (χ0v) is 11.0. The molecule has 1 aliphatic heterocycles. The summed E-state index contributed by atoms with van der Waals surface area (Å²) in [7, 11) is 0. The van der Waals surface area contributed by atoms with E-state index >= 15 is 0 Å². The number of piperazine rings is 1. The molecule has 1 fully saturated rings. The summed E-state index contributed by atoms with van der Waals surface area (Å²) in [6, 6.07) is 0.532. The lowest BCUT2D eigenvalue weighted by molar-refractivity contribution is 0.0485. The number of nitrogens with one attached hydrogen (secondary N) is 2. The Labute approximate surface area is 100 Å². The van der Waals surface area contributed by atoms with Crippen molar-refractivity contribution in [1.82, 2.24) is 10.6 Å². The largest absolute Gasteiger partial charge is 0.393 e. The first-order valence-corrected chi connectivity index (χ1v) is 6.86. The molecular weight excluding hydrogens is 200 g/mol. The molecule has 0 spiro atoms. The van der Waals surface area contributed by atoms with Crippen LogP contribution in [0, 0.1) is 11.8 Å². The molecular formula is C13H28N2O. The first-order chi connectivity index (χ1) is 7.74. The predicted molar refractivity (Wildman–Crippen MR) is 68.5 cm³/mol. The third kappa shape index (κ3) is 3.44. The SMILES string of the molecule is CCC(O)C(CC)C(CC)C1CNCCN1. The highest BCUT2D eigenvalue weighted by Gasteiger charge is 2.31. The van der Waals surface area contributed by atoms with Crippen molar-refractivity contribution in [2.45, 2.75) is 52.2 Å². The quantitative estimate of drug-likeness (QED) is 0.643. The van der Waals surface area contributed by atoms with Gasteiger partial charge in [0.25, 0.3) is 0 Å². The maximum Gasteiger partial charge on any atom is 0.0568 e. The summed E-state index contributed by atoms with van der Waals surface area (Å²) in [4.78, 5) is 0. The smallest absolute Gasteiger partial charge is 0.0568 e. The average molecular weight is 228 g/mol. The zero-order valence-electron chi connectivity index (χ0n) is 11.0. The lowest BCUT2D eigenvalue weighted by atomic mass is 9.78. The van der Waals surface area contributed by atoms with Gasteiger partial charge >= 0.3 is 0 Å². The number of aliphatic hydroxyl groups excluding tert-OH is 1. The van der Waals surface area contributed by atoms with Crippen LogP contribution in [0.4, 0.5) is 0 Å². The minimum atomic E-state index is -0.140. The molecule has 0 aromatic carbocycles. The van der Waals surface area contributed by atoms with Crippen molar-refractivity contribution in [1.29, 1.82) is 0 Å². The summed E-state index contributed by atoms with van der Waals surface area (Å²) in [5, 5.41) is 17.1. The summed E-state index contributed by atoms with van der Waals surface area (Å²) in [6.45, 7) is 9.69. The van der Waals surface area contributed by atoms with Crippen LogP contribution in [0.15, 0.2) is 0 Å². The van der Waals surface area contributed by atoms with Crippen molar-refractivity contribution in [2.75, 3.05) is 19.6 Å². The second kappa shape index (κ2) is 7.25. The van der Waals surface area contributed by atoms with Gasteiger partial charge in [0, 0.05) is 25.7 Å². The Morgan fingerprint density at radius 3 is 2.31 bits per heavy atom. The highest BCUT2D eigenvalue weighted by molar-refractivity contribution is 4.87. The van der Waals surface area contributed by atoms with Crippen LogP contribution in [0.2, 0.25) is 0 Å². The minimum Gasteiger partial charge on any atom is -0.393 e. The molecule has 0 bridgehead atoms. The van der Waals surface area contributed by atoms with E-state index in [0.717, 1.165) is 38.9 Å². The maximum atomic E-state index is 10.1. The van der Waals surface area contributed by atoms with Crippen LogP contribution < -0.4 is 10.6 Å². The van der Waals surface area contributed by atoms with Gasteiger partial charge in [-0.3, -0.25) is 0 Å². The second-order valence-electron chi connectivity index (χ2n) is 4.88. The molecule has 96 valence electrons. The molecule has 3 nitrogen and oxygen atoms in total. The van der Waals surface area contributed by atoms with Gasteiger partial charge in [-0.2, -0.15) is 0 Å². The third-order valence-corrected chi connectivity index (χ3v) is 3.99. The number of rotatable bonds is 6. The van der Waals surface area contributed by atoms with Crippen molar-refractivity contribution >= 4 is 0 Å². The van der Waals surface area contributed by atoms with Crippen LogP contribution in [0.1, 0.15) is 40.0 Å². The summed E-state index contributed by atoms with van der Waals surface area (Å²) < 4.78 is 0. The van der Waals surface area contributed by atoms with Crippen molar-refractivity contribution in [3.05, 3.63) is 0 Å². The van der Waals surface area contributed by atoms with Gasteiger partial charge in [0.05, 0.1) is 6.10 Å². The first kappa shape index (κ1) is 13.9. The molecule has 1 saturated heterocycles. The monoisotopic (exact) mass is 228 g/mol. The van der Waals surface area contributed by atoms with Gasteiger partial charge in [0.15, 0.2) is 0 Å². The van der Waals surface area contributed by atoms with Crippen LogP contribution >= 0.6 is 0 Å². The molecule has 16 heavy (non-hydrogen) atoms. The van der Waals surface area contributed by atoms with Gasteiger partial charge in [-0.15, -0.1) is 0 Å². The molecule has 1 heterocycles. The number of hydrogen-bond acceptors (Lipinski definition) is 3. The van der Waals surface area contributed by atoms with Crippen LogP contribution in [-0.2, 0) is 0 Å². The molecule has 1 aliphatic rings. The molecule has 4 atom stereocenters. The Bertz CT molecular complexity index is 181. The normalized spacial score (nSPS) is 27.4. The molecule has 0 aliphatic carbocycles. The van der Waals surface area contributed by atoms with Crippen LogP contribution in [0.5, 0.6) is 0 Å². The van der Waals surface area contributed by atoms with Crippen molar-refractivity contribution < 1.29 is 5.11 Å². The van der Waals surface area contributed by atoms with Gasteiger partial charge in [-0.25, -0.2) is 0 Å². The van der Waals surface area contributed by atoms with E-state index in [1.807, 2.05) is 0 Å². The number of hydrogen-bond donors (Lipinski definition) is 3. The van der Waals surface area contributed by atoms with Crippen molar-refractivity contribution in [3.63, 3.8) is 0 Å². The molecule has 1 rings (SSSR count). The second-order valence-corrected chi connectivity index (χ2v) is 4.88. The van der Waals surface area contributed by atoms with E-state index in [9.17, 15) is 5.11 Å². The summed E-state index contributed by atoms with van der Waals surface area (Å²) in [5.41, 5.74) is 0. The minimum absolute atomic E-state index is 0.140. The van der Waals surface area contributed by atoms with E-state index in [-0.39, 0.29) is 6.10 Å². The van der Waals surface area contributed by atoms with E-state index < -0.39 is 0 Å². The molecule has 3 N–H and O–H groups in total. The van der Waals surface area contributed by atoms with E-state index in [2.05, 4.69) is 31.4 Å². The molecule has 0 radical (unpaired) electrons. The maximum absolute atomic E-state index is 10.1. The Hall–Kier alpha value is -0.120. The van der Waals surface area contributed by atoms with E-state index in [0.29, 0.717) is 17.9 Å². The lowest BCUT2D eigenvalue weighted by Gasteiger charge is -2.38. The molecule has 0 amide bonds. The molecule has 0 saturated carbocycles. The predicted octanol–water partition coefficient (Wildman–Crippen LogP) is 1.37. The van der Waals surface area contributed by atoms with Gasteiger partial charge in [-0.05, 0) is 18.3 Å². The first-order valence-electron chi connectivity index (χ1n) is 6.86. The Morgan fingerprint density at radius 1 is 1.12 bits per heavy atom. The third-order valence-electron chi connectivity index (χ3n) is 3.99. The summed E-state index contributed by atoms with van der Waals surface area (Å²) in [5.74, 6) is 1.03. The van der Waals surface area contributed by atoms with Crippen LogP contribution in [0.3, 0.4) is 0 Å². The summed E-state index contributed by atoms with van der Waals surface area (Å²) >= 11 is 0. The summed E-state index contributed by atoms with van der Waals surface area (Å²) in [6.07, 6.45) is 2.95. The molecule has 4 unspecified atom stereocenters. The van der Waals surface area contributed by atoms with Gasteiger partial charge in [0.2, 0.25) is 0 Å². The zero-order chi connectivity index (χ0) is 12.0. The Morgan fingerprint density at radius 2 is 1.88 bits per heavy atom. The van der Waals surface area contributed by atoms with Gasteiger partial charge in [-0.1, -0.05) is 33.6 Å². The highest BCUT2D eigenvalue weighted by Crippen LogP contribution is 2.27. The number of aliphatic hydroxyl groups is 1. The fraction of sp³-hybridized carbons (Fsp3) is 1.00. The lowest BCUT2D eigenvalue weighted by Crippen LogP contribution is -2.54. The van der Waals surface area contributed by atoms with Gasteiger partial charge in [0.1, 0.15) is 0 Å². The van der Waals surface area contributed by atoms with Gasteiger partial charge < -0.3 is 15.7 Å². The highest BCUT2D eigenvalue weighted by atomic mass is 16.3. The fourth-order valence-electron chi connectivity index (χ4n) is 3.03. The van der Waals surface area contributed by atoms with Crippen LogP contribution in [-0.4, -0.2) is 36.9 Å². The molecule has 3 heteroatoms. The van der Waals surface area contributed by atoms with E-state index in [4.69, 9.17) is 0 Å². The topological polar surface area (TPSA) is 44.3 Å². The Balaban J connectivity index is 2.61.